The van der Waals surface area contributed by atoms with Crippen LogP contribution in [0.1, 0.15) is 0 Å². The number of hydrazine groups is 1. The highest BCUT2D eigenvalue weighted by atomic mass is 35.5. The Labute approximate surface area is 141 Å². The average molecular weight is 342 g/mol. The first-order valence-corrected chi connectivity index (χ1v) is 7.46. The molecule has 4 heterocycles. The number of aromatic nitrogens is 3. The number of anilines is 1. The van der Waals surface area contributed by atoms with Crippen LogP contribution >= 0.6 is 11.6 Å². The third-order valence-corrected chi connectivity index (χ3v) is 3.67. The summed E-state index contributed by atoms with van der Waals surface area (Å²) in [6.07, 6.45) is 3.04. The van der Waals surface area contributed by atoms with E-state index in [1.807, 2.05) is 5.01 Å². The molecule has 0 amide bonds. The minimum atomic E-state index is 0.346. The maximum absolute atomic E-state index is 5.99. The lowest BCUT2D eigenvalue weighted by atomic mass is 10.2. The monoisotopic (exact) mass is 341 g/mol. The molecule has 8 nitrogen and oxygen atoms in total. The van der Waals surface area contributed by atoms with Crippen LogP contribution in [0.2, 0.25) is 5.02 Å². The molecule has 0 atom stereocenters. The van der Waals surface area contributed by atoms with E-state index in [0.717, 1.165) is 23.5 Å². The quantitative estimate of drug-likeness (QED) is 0.687. The Morgan fingerprint density at radius 3 is 2.75 bits per heavy atom. The molecule has 0 aliphatic carbocycles. The topological polar surface area (TPSA) is 111 Å². The minimum absolute atomic E-state index is 0.346. The number of ether oxygens (including phenoxy) is 1. The first-order valence-electron chi connectivity index (χ1n) is 7.08. The van der Waals surface area contributed by atoms with Gasteiger partial charge in [0, 0.05) is 11.6 Å². The molecule has 2 aliphatic rings. The number of hydrogen-bond donors (Lipinski definition) is 2. The zero-order chi connectivity index (χ0) is 16.5. The number of guanidine groups is 1. The molecular formula is C15H12ClN7O. The maximum Gasteiger partial charge on any atom is 0.238 e. The van der Waals surface area contributed by atoms with Gasteiger partial charge in [-0.05, 0) is 30.3 Å². The van der Waals surface area contributed by atoms with Crippen molar-refractivity contribution in [3.05, 3.63) is 47.9 Å². The molecule has 0 radical (unpaired) electrons. The molecule has 1 fully saturated rings. The molecular weight excluding hydrogens is 330 g/mol. The lowest BCUT2D eigenvalue weighted by Gasteiger charge is -2.07. The molecule has 9 heteroatoms. The van der Waals surface area contributed by atoms with Gasteiger partial charge in [-0.15, -0.1) is 0 Å². The van der Waals surface area contributed by atoms with Crippen molar-refractivity contribution < 1.29 is 4.74 Å². The van der Waals surface area contributed by atoms with Gasteiger partial charge in [-0.2, -0.15) is 0 Å². The van der Waals surface area contributed by atoms with Crippen molar-refractivity contribution in [3.63, 3.8) is 0 Å². The van der Waals surface area contributed by atoms with Crippen molar-refractivity contribution >= 4 is 34.3 Å². The molecule has 1 saturated heterocycles. The van der Waals surface area contributed by atoms with E-state index >= 15 is 0 Å². The van der Waals surface area contributed by atoms with Crippen LogP contribution in [0.3, 0.4) is 0 Å². The second-order valence-electron chi connectivity index (χ2n) is 4.99. The van der Waals surface area contributed by atoms with Gasteiger partial charge in [-0.1, -0.05) is 11.6 Å². The Morgan fingerprint density at radius 1 is 1.21 bits per heavy atom. The summed E-state index contributed by atoms with van der Waals surface area (Å²) in [4.78, 5) is 16.0. The smallest absolute Gasteiger partial charge is 0.238 e. The molecule has 5 rings (SSSR count). The van der Waals surface area contributed by atoms with Gasteiger partial charge in [0.2, 0.25) is 11.8 Å². The van der Waals surface area contributed by atoms with Gasteiger partial charge in [-0.25, -0.2) is 25.0 Å². The van der Waals surface area contributed by atoms with Crippen molar-refractivity contribution in [2.45, 2.75) is 0 Å². The third-order valence-electron chi connectivity index (χ3n) is 3.38. The van der Waals surface area contributed by atoms with E-state index in [2.05, 4.69) is 25.4 Å². The van der Waals surface area contributed by atoms with Crippen LogP contribution in [0.25, 0.3) is 10.9 Å². The predicted molar refractivity (Wildman–Crippen MR) is 90.5 cm³/mol. The van der Waals surface area contributed by atoms with Crippen molar-refractivity contribution in [2.75, 3.05) is 12.4 Å². The number of halogens is 1. The lowest BCUT2D eigenvalue weighted by Crippen LogP contribution is -2.07. The molecule has 0 unspecified atom stereocenters. The number of nitrogens with zero attached hydrogens (tertiary/aromatic N) is 5. The SMILES string of the molecule is C1N=C2NN12.Nc1ncnc2ccc(Oc3ncccc3Cl)cc12. The molecule has 0 bridgehead atoms. The number of pyridine rings is 1. The highest BCUT2D eigenvalue weighted by Gasteiger charge is 2.33. The number of aliphatic imine (C=N–C) groups is 1. The summed E-state index contributed by atoms with van der Waals surface area (Å²) in [6.45, 7) is 0.870. The number of rotatable bonds is 2. The molecule has 2 aromatic heterocycles. The largest absolute Gasteiger partial charge is 0.438 e. The van der Waals surface area contributed by atoms with E-state index in [0.29, 0.717) is 22.5 Å². The lowest BCUT2D eigenvalue weighted by molar-refractivity contribution is 0.464. The summed E-state index contributed by atoms with van der Waals surface area (Å²) in [5.41, 5.74) is 9.45. The molecule has 1 aromatic carbocycles. The van der Waals surface area contributed by atoms with Crippen molar-refractivity contribution in [3.8, 4) is 11.6 Å². The summed E-state index contributed by atoms with van der Waals surface area (Å²) >= 11 is 5.99. The van der Waals surface area contributed by atoms with Crippen LogP contribution in [-0.4, -0.2) is 32.6 Å². The summed E-state index contributed by atoms with van der Waals surface area (Å²) in [7, 11) is 0. The molecule has 120 valence electrons. The normalized spacial score (nSPS) is 13.7. The second kappa shape index (κ2) is 5.82. The molecule has 24 heavy (non-hydrogen) atoms. The highest BCUT2D eigenvalue weighted by molar-refractivity contribution is 6.31. The van der Waals surface area contributed by atoms with Gasteiger partial charge in [0.1, 0.15) is 29.6 Å². The standard InChI is InChI=1S/C13H9ClN4O.C2H3N3/c14-10-2-1-5-16-13(10)19-8-3-4-11-9(6-8)12(15)18-7-17-11;1-3-2-4-5(1)2/h1-7H,(H2,15,17,18);1H2,(H,3,4). The van der Waals surface area contributed by atoms with Crippen LogP contribution in [0.4, 0.5) is 5.82 Å². The van der Waals surface area contributed by atoms with E-state index < -0.39 is 0 Å². The number of nitrogens with two attached hydrogens (primary N) is 1. The fraction of sp³-hybridized carbons (Fsp3) is 0.0667. The first kappa shape index (κ1) is 14.5. The Bertz CT molecular complexity index is 944. The minimum Gasteiger partial charge on any atom is -0.438 e. The molecule has 3 aromatic rings. The van der Waals surface area contributed by atoms with Gasteiger partial charge < -0.3 is 10.5 Å². The van der Waals surface area contributed by atoms with E-state index in [4.69, 9.17) is 22.1 Å². The molecule has 0 saturated carbocycles. The summed E-state index contributed by atoms with van der Waals surface area (Å²) in [5.74, 6) is 2.39. The van der Waals surface area contributed by atoms with Crippen molar-refractivity contribution in [1.82, 2.24) is 25.4 Å². The molecule has 3 N–H and O–H groups in total. The number of fused-ring (bicyclic) bond motifs is 2. The second-order valence-corrected chi connectivity index (χ2v) is 5.40. The Kier molecular flexibility index (Phi) is 3.51. The van der Waals surface area contributed by atoms with Crippen LogP contribution in [0.15, 0.2) is 47.8 Å². The van der Waals surface area contributed by atoms with E-state index in [-0.39, 0.29) is 0 Å². The van der Waals surface area contributed by atoms with Gasteiger partial charge in [-0.3, -0.25) is 5.43 Å². The van der Waals surface area contributed by atoms with E-state index in [1.54, 1.807) is 36.5 Å². The summed E-state index contributed by atoms with van der Waals surface area (Å²) < 4.78 is 5.62. The third kappa shape index (κ3) is 2.86. The zero-order valence-electron chi connectivity index (χ0n) is 12.3. The zero-order valence-corrected chi connectivity index (χ0v) is 13.1. The highest BCUT2D eigenvalue weighted by Crippen LogP contribution is 2.29. The van der Waals surface area contributed by atoms with Crippen LogP contribution in [0.5, 0.6) is 11.6 Å². The summed E-state index contributed by atoms with van der Waals surface area (Å²) in [5, 5.41) is 3.15. The number of benzene rings is 1. The van der Waals surface area contributed by atoms with Crippen LogP contribution in [-0.2, 0) is 0 Å². The fourth-order valence-electron chi connectivity index (χ4n) is 2.06. The van der Waals surface area contributed by atoms with E-state index in [1.165, 1.54) is 6.33 Å². The first-order chi connectivity index (χ1) is 11.7. The number of hydrogen-bond acceptors (Lipinski definition) is 8. The van der Waals surface area contributed by atoms with Gasteiger partial charge >= 0.3 is 0 Å². The predicted octanol–water partition coefficient (Wildman–Crippen LogP) is 2.19. The fourth-order valence-corrected chi connectivity index (χ4v) is 2.22. The van der Waals surface area contributed by atoms with Gasteiger partial charge in [0.05, 0.1) is 5.52 Å². The summed E-state index contributed by atoms with van der Waals surface area (Å²) in [6, 6.07) is 8.79. The van der Waals surface area contributed by atoms with Gasteiger partial charge in [0.25, 0.3) is 0 Å². The van der Waals surface area contributed by atoms with Gasteiger partial charge in [0.15, 0.2) is 0 Å². The molecule has 0 spiro atoms. The molecule has 2 aliphatic heterocycles. The van der Waals surface area contributed by atoms with E-state index in [9.17, 15) is 0 Å². The number of nitrogen functional groups attached to an aromatic ring is 1. The Hall–Kier alpha value is -3.13. The van der Waals surface area contributed by atoms with Crippen molar-refractivity contribution in [2.24, 2.45) is 4.99 Å². The average Bonchev–Trinajstić information content (AvgIpc) is 3.17. The van der Waals surface area contributed by atoms with Crippen LogP contribution < -0.4 is 15.9 Å². The van der Waals surface area contributed by atoms with Crippen LogP contribution in [0, 0.1) is 0 Å². The number of nitrogens with one attached hydrogen (secondary N) is 1. The Morgan fingerprint density at radius 2 is 2.08 bits per heavy atom. The van der Waals surface area contributed by atoms with Crippen molar-refractivity contribution in [1.29, 1.82) is 0 Å². The Balaban J connectivity index is 0.000000244. The maximum atomic E-state index is 5.99.